The van der Waals surface area contributed by atoms with Gasteiger partial charge in [-0.3, -0.25) is 0 Å². The molecule has 0 atom stereocenters. The van der Waals surface area contributed by atoms with Gasteiger partial charge in [-0.2, -0.15) is 0 Å². The van der Waals surface area contributed by atoms with Crippen molar-refractivity contribution in [3.8, 4) is 0 Å². The fourth-order valence-corrected chi connectivity index (χ4v) is 2.44. The number of hydrogen-bond donors (Lipinski definition) is 1. The lowest BCUT2D eigenvalue weighted by Crippen LogP contribution is -2.10. The van der Waals surface area contributed by atoms with Crippen molar-refractivity contribution in [1.82, 2.24) is 9.55 Å². The van der Waals surface area contributed by atoms with Crippen molar-refractivity contribution in [3.63, 3.8) is 0 Å². The lowest BCUT2D eigenvalue weighted by atomic mass is 10.0. The molecule has 0 saturated carbocycles. The van der Waals surface area contributed by atoms with Gasteiger partial charge in [0.2, 0.25) is 0 Å². The Bertz CT molecular complexity index is 576. The summed E-state index contributed by atoms with van der Waals surface area (Å²) in [6, 6.07) is 2.27. The predicted octanol–water partition coefficient (Wildman–Crippen LogP) is 3.21. The zero-order valence-electron chi connectivity index (χ0n) is 11.2. The SMILES string of the molecule is CCC(CC)c1nc2cc(F)c(F)cc2n1CCO. The van der Waals surface area contributed by atoms with Crippen LogP contribution in [0.1, 0.15) is 38.4 Å². The zero-order valence-corrected chi connectivity index (χ0v) is 11.2. The number of nitrogens with zero attached hydrogens (tertiary/aromatic N) is 2. The summed E-state index contributed by atoms with van der Waals surface area (Å²) in [5.41, 5.74) is 0.976. The van der Waals surface area contributed by atoms with Crippen LogP contribution in [0, 0.1) is 11.6 Å². The van der Waals surface area contributed by atoms with E-state index in [9.17, 15) is 8.78 Å². The molecule has 0 aliphatic heterocycles. The molecule has 0 spiro atoms. The Morgan fingerprint density at radius 2 is 1.84 bits per heavy atom. The molecule has 2 rings (SSSR count). The Labute approximate surface area is 110 Å². The van der Waals surface area contributed by atoms with E-state index >= 15 is 0 Å². The first-order chi connectivity index (χ1) is 9.12. The fraction of sp³-hybridized carbons (Fsp3) is 0.500. The highest BCUT2D eigenvalue weighted by molar-refractivity contribution is 5.76. The highest BCUT2D eigenvalue weighted by atomic mass is 19.2. The van der Waals surface area contributed by atoms with Gasteiger partial charge in [-0.1, -0.05) is 13.8 Å². The van der Waals surface area contributed by atoms with E-state index in [-0.39, 0.29) is 12.5 Å². The maximum absolute atomic E-state index is 13.4. The number of imidazole rings is 1. The molecule has 19 heavy (non-hydrogen) atoms. The van der Waals surface area contributed by atoms with Crippen molar-refractivity contribution >= 4 is 11.0 Å². The molecule has 1 aromatic carbocycles. The largest absolute Gasteiger partial charge is 0.395 e. The molecule has 5 heteroatoms. The van der Waals surface area contributed by atoms with Gasteiger partial charge in [0, 0.05) is 24.6 Å². The van der Waals surface area contributed by atoms with Crippen LogP contribution in [-0.2, 0) is 6.54 Å². The third-order valence-corrected chi connectivity index (χ3v) is 3.49. The normalized spacial score (nSPS) is 11.7. The van der Waals surface area contributed by atoms with Crippen molar-refractivity contribution in [2.45, 2.75) is 39.2 Å². The number of rotatable bonds is 5. The van der Waals surface area contributed by atoms with Gasteiger partial charge in [0.1, 0.15) is 5.82 Å². The summed E-state index contributed by atoms with van der Waals surface area (Å²) < 4.78 is 28.4. The first-order valence-corrected chi connectivity index (χ1v) is 6.58. The Morgan fingerprint density at radius 1 is 1.21 bits per heavy atom. The molecule has 1 aromatic heterocycles. The Morgan fingerprint density at radius 3 is 2.42 bits per heavy atom. The first-order valence-electron chi connectivity index (χ1n) is 6.58. The van der Waals surface area contributed by atoms with E-state index in [1.54, 1.807) is 4.57 Å². The van der Waals surface area contributed by atoms with Crippen molar-refractivity contribution in [2.75, 3.05) is 6.61 Å². The second-order valence-corrected chi connectivity index (χ2v) is 4.61. The van der Waals surface area contributed by atoms with Crippen LogP contribution >= 0.6 is 0 Å². The number of aliphatic hydroxyl groups is 1. The van der Waals surface area contributed by atoms with Crippen LogP contribution in [0.4, 0.5) is 8.78 Å². The summed E-state index contributed by atoms with van der Waals surface area (Å²) in [5, 5.41) is 9.16. The summed E-state index contributed by atoms with van der Waals surface area (Å²) >= 11 is 0. The smallest absolute Gasteiger partial charge is 0.161 e. The van der Waals surface area contributed by atoms with Gasteiger partial charge in [-0.25, -0.2) is 13.8 Å². The van der Waals surface area contributed by atoms with E-state index in [4.69, 9.17) is 5.11 Å². The molecule has 1 N–H and O–H groups in total. The maximum Gasteiger partial charge on any atom is 0.161 e. The lowest BCUT2D eigenvalue weighted by Gasteiger charge is -2.14. The average Bonchev–Trinajstić information content (AvgIpc) is 2.71. The molecule has 0 unspecified atom stereocenters. The van der Waals surface area contributed by atoms with Crippen molar-refractivity contribution < 1.29 is 13.9 Å². The monoisotopic (exact) mass is 268 g/mol. The number of hydrogen-bond acceptors (Lipinski definition) is 2. The molecule has 3 nitrogen and oxygen atoms in total. The topological polar surface area (TPSA) is 38.0 Å². The molecule has 2 aromatic rings. The van der Waals surface area contributed by atoms with E-state index < -0.39 is 11.6 Å². The predicted molar refractivity (Wildman–Crippen MR) is 70.1 cm³/mol. The molecular formula is C14H18F2N2O. The first kappa shape index (κ1) is 13.9. The number of halogens is 2. The molecule has 0 fully saturated rings. The summed E-state index contributed by atoms with van der Waals surface area (Å²) in [6.45, 7) is 4.39. The van der Waals surface area contributed by atoms with Crippen LogP contribution in [0.2, 0.25) is 0 Å². The van der Waals surface area contributed by atoms with Gasteiger partial charge in [-0.15, -0.1) is 0 Å². The third kappa shape index (κ3) is 2.47. The van der Waals surface area contributed by atoms with Crippen LogP contribution in [-0.4, -0.2) is 21.3 Å². The molecule has 0 bridgehead atoms. The van der Waals surface area contributed by atoms with E-state index in [2.05, 4.69) is 18.8 Å². The summed E-state index contributed by atoms with van der Waals surface area (Å²) in [7, 11) is 0. The zero-order chi connectivity index (χ0) is 14.0. The maximum atomic E-state index is 13.4. The van der Waals surface area contributed by atoms with Crippen molar-refractivity contribution in [3.05, 3.63) is 29.6 Å². The lowest BCUT2D eigenvalue weighted by molar-refractivity contribution is 0.274. The highest BCUT2D eigenvalue weighted by Crippen LogP contribution is 2.27. The number of benzene rings is 1. The second-order valence-electron chi connectivity index (χ2n) is 4.61. The number of aromatic nitrogens is 2. The minimum atomic E-state index is -0.891. The van der Waals surface area contributed by atoms with E-state index in [0.717, 1.165) is 30.8 Å². The molecular weight excluding hydrogens is 250 g/mol. The van der Waals surface area contributed by atoms with Crippen LogP contribution in [0.5, 0.6) is 0 Å². The van der Waals surface area contributed by atoms with Gasteiger partial charge in [0.05, 0.1) is 17.6 Å². The summed E-state index contributed by atoms with van der Waals surface area (Å²) in [6.07, 6.45) is 1.80. The van der Waals surface area contributed by atoms with Gasteiger partial charge in [-0.05, 0) is 12.8 Å². The van der Waals surface area contributed by atoms with E-state index in [1.165, 1.54) is 0 Å². The van der Waals surface area contributed by atoms with Gasteiger partial charge in [0.25, 0.3) is 0 Å². The van der Waals surface area contributed by atoms with Gasteiger partial charge < -0.3 is 9.67 Å². The molecule has 0 amide bonds. The number of fused-ring (bicyclic) bond motifs is 1. The molecule has 1 heterocycles. The van der Waals surface area contributed by atoms with Crippen molar-refractivity contribution in [1.29, 1.82) is 0 Å². The van der Waals surface area contributed by atoms with E-state index in [1.807, 2.05) is 0 Å². The Balaban J connectivity index is 2.65. The summed E-state index contributed by atoms with van der Waals surface area (Å²) in [4.78, 5) is 4.42. The van der Waals surface area contributed by atoms with Crippen LogP contribution in [0.25, 0.3) is 11.0 Å². The molecule has 0 aliphatic carbocycles. The Hall–Kier alpha value is -1.49. The molecule has 0 aliphatic rings. The molecule has 0 saturated heterocycles. The minimum absolute atomic E-state index is 0.0579. The quantitative estimate of drug-likeness (QED) is 0.904. The molecule has 104 valence electrons. The standard InChI is InChI=1S/C14H18F2N2O/c1-3-9(4-2)14-17-12-7-10(15)11(16)8-13(12)18(14)5-6-19/h7-9,19H,3-6H2,1-2H3. The van der Waals surface area contributed by atoms with Crippen LogP contribution in [0.3, 0.4) is 0 Å². The van der Waals surface area contributed by atoms with Crippen LogP contribution in [0.15, 0.2) is 12.1 Å². The Kier molecular flexibility index (Phi) is 4.14. The molecule has 0 radical (unpaired) electrons. The average molecular weight is 268 g/mol. The van der Waals surface area contributed by atoms with Crippen LogP contribution < -0.4 is 0 Å². The number of aliphatic hydroxyl groups excluding tert-OH is 1. The highest BCUT2D eigenvalue weighted by Gasteiger charge is 2.19. The third-order valence-electron chi connectivity index (χ3n) is 3.49. The fourth-order valence-electron chi connectivity index (χ4n) is 2.44. The van der Waals surface area contributed by atoms with E-state index in [0.29, 0.717) is 17.6 Å². The second kappa shape index (κ2) is 5.65. The van der Waals surface area contributed by atoms with Gasteiger partial charge in [0.15, 0.2) is 11.6 Å². The van der Waals surface area contributed by atoms with Gasteiger partial charge >= 0.3 is 0 Å². The summed E-state index contributed by atoms with van der Waals surface area (Å²) in [5.74, 6) is -0.760. The van der Waals surface area contributed by atoms with Crippen molar-refractivity contribution in [2.24, 2.45) is 0 Å². The minimum Gasteiger partial charge on any atom is -0.395 e.